The minimum atomic E-state index is -0.0355. The lowest BCUT2D eigenvalue weighted by Crippen LogP contribution is -2.40. The number of likely N-dealkylation sites (tertiary alicyclic amines) is 1. The molecule has 0 aliphatic carbocycles. The fraction of sp³-hybridized carbons (Fsp3) is 0.588. The third kappa shape index (κ3) is 4.74. The minimum Gasteiger partial charge on any atom is -0.497 e. The lowest BCUT2D eigenvalue weighted by molar-refractivity contribution is -0.149. The number of benzene rings is 1. The van der Waals surface area contributed by atoms with Gasteiger partial charge in [0.15, 0.2) is 0 Å². The van der Waals surface area contributed by atoms with Crippen LogP contribution in [0.4, 0.5) is 0 Å². The molecule has 1 heterocycles. The molecule has 0 spiro atoms. The Morgan fingerprint density at radius 1 is 1.33 bits per heavy atom. The van der Waals surface area contributed by atoms with Crippen LogP contribution in [0.5, 0.6) is 5.75 Å². The number of ether oxygens (including phenoxy) is 2. The average molecular weight is 291 g/mol. The molecule has 1 fully saturated rings. The van der Waals surface area contributed by atoms with E-state index < -0.39 is 0 Å². The molecule has 21 heavy (non-hydrogen) atoms. The molecule has 0 amide bonds. The van der Waals surface area contributed by atoms with Crippen LogP contribution >= 0.6 is 0 Å². The highest BCUT2D eigenvalue weighted by Crippen LogP contribution is 2.19. The molecule has 1 saturated heterocycles. The highest BCUT2D eigenvalue weighted by molar-refractivity contribution is 5.72. The highest BCUT2D eigenvalue weighted by Gasteiger charge is 2.26. The molecule has 1 atom stereocenters. The summed E-state index contributed by atoms with van der Waals surface area (Å²) in [5.41, 5.74) is 1.30. The van der Waals surface area contributed by atoms with Gasteiger partial charge in [-0.1, -0.05) is 12.1 Å². The van der Waals surface area contributed by atoms with E-state index in [1.54, 1.807) is 7.11 Å². The molecular weight excluding hydrogens is 266 g/mol. The molecule has 4 heteroatoms. The van der Waals surface area contributed by atoms with Crippen molar-refractivity contribution in [1.29, 1.82) is 0 Å². The van der Waals surface area contributed by atoms with Crippen LogP contribution in [0.2, 0.25) is 0 Å². The summed E-state index contributed by atoms with van der Waals surface area (Å²) in [5, 5.41) is 0. The maximum atomic E-state index is 11.8. The first kappa shape index (κ1) is 15.8. The van der Waals surface area contributed by atoms with Crippen LogP contribution in [0, 0.1) is 5.92 Å². The Hall–Kier alpha value is -1.55. The van der Waals surface area contributed by atoms with E-state index in [9.17, 15) is 4.79 Å². The number of hydrogen-bond acceptors (Lipinski definition) is 4. The Kier molecular flexibility index (Phi) is 6.05. The number of nitrogens with zero attached hydrogens (tertiary/aromatic N) is 1. The summed E-state index contributed by atoms with van der Waals surface area (Å²) >= 11 is 0. The molecule has 2 rings (SSSR count). The standard InChI is InChI=1S/C17H25NO3/c1-3-21-17(19)15-5-4-11-18(13-15)12-10-14-6-8-16(20-2)9-7-14/h6-9,15H,3-5,10-13H2,1-2H3/t15-/m1/s1. The van der Waals surface area contributed by atoms with E-state index in [2.05, 4.69) is 17.0 Å². The van der Waals surface area contributed by atoms with Crippen LogP contribution in [-0.2, 0) is 16.0 Å². The van der Waals surface area contributed by atoms with Gasteiger partial charge in [-0.05, 0) is 50.4 Å². The van der Waals surface area contributed by atoms with Crippen molar-refractivity contribution >= 4 is 5.97 Å². The summed E-state index contributed by atoms with van der Waals surface area (Å²) < 4.78 is 10.3. The Balaban J connectivity index is 1.80. The predicted octanol–water partition coefficient (Wildman–Crippen LogP) is 2.51. The minimum absolute atomic E-state index is 0.0355. The smallest absolute Gasteiger partial charge is 0.310 e. The first-order chi connectivity index (χ1) is 10.2. The van der Waals surface area contributed by atoms with Crippen molar-refractivity contribution in [3.05, 3.63) is 29.8 Å². The van der Waals surface area contributed by atoms with Crippen molar-refractivity contribution in [2.75, 3.05) is 33.4 Å². The quantitative estimate of drug-likeness (QED) is 0.755. The Morgan fingerprint density at radius 3 is 2.76 bits per heavy atom. The van der Waals surface area contributed by atoms with Gasteiger partial charge < -0.3 is 14.4 Å². The van der Waals surface area contributed by atoms with E-state index in [0.29, 0.717) is 6.61 Å². The number of rotatable bonds is 6. The molecule has 0 aromatic heterocycles. The monoisotopic (exact) mass is 291 g/mol. The molecule has 0 radical (unpaired) electrons. The SMILES string of the molecule is CCOC(=O)[C@@H]1CCCN(CCc2ccc(OC)cc2)C1. The van der Waals surface area contributed by atoms with E-state index in [0.717, 1.165) is 44.6 Å². The summed E-state index contributed by atoms with van der Waals surface area (Å²) in [4.78, 5) is 14.2. The Morgan fingerprint density at radius 2 is 2.10 bits per heavy atom. The summed E-state index contributed by atoms with van der Waals surface area (Å²) in [5.74, 6) is 0.903. The predicted molar refractivity (Wildman–Crippen MR) is 82.5 cm³/mol. The van der Waals surface area contributed by atoms with Gasteiger partial charge in [0, 0.05) is 13.1 Å². The number of carbonyl (C=O) groups is 1. The maximum Gasteiger partial charge on any atom is 0.310 e. The van der Waals surface area contributed by atoms with E-state index in [4.69, 9.17) is 9.47 Å². The summed E-state index contributed by atoms with van der Waals surface area (Å²) in [6, 6.07) is 8.19. The van der Waals surface area contributed by atoms with Crippen LogP contribution < -0.4 is 4.74 Å². The molecule has 0 saturated carbocycles. The molecule has 1 aliphatic rings. The first-order valence-corrected chi connectivity index (χ1v) is 7.75. The second-order valence-electron chi connectivity index (χ2n) is 5.49. The van der Waals surface area contributed by atoms with Crippen LogP contribution in [0.25, 0.3) is 0 Å². The topological polar surface area (TPSA) is 38.8 Å². The van der Waals surface area contributed by atoms with Crippen LogP contribution in [0.1, 0.15) is 25.3 Å². The van der Waals surface area contributed by atoms with Gasteiger partial charge in [-0.2, -0.15) is 0 Å². The molecule has 1 aromatic rings. The van der Waals surface area contributed by atoms with Crippen molar-refractivity contribution < 1.29 is 14.3 Å². The van der Waals surface area contributed by atoms with Crippen molar-refractivity contribution in [2.24, 2.45) is 5.92 Å². The second-order valence-corrected chi connectivity index (χ2v) is 5.49. The van der Waals surface area contributed by atoms with E-state index in [1.165, 1.54) is 5.56 Å². The summed E-state index contributed by atoms with van der Waals surface area (Å²) in [6.07, 6.45) is 3.03. The number of esters is 1. The summed E-state index contributed by atoms with van der Waals surface area (Å²) in [7, 11) is 1.68. The molecular formula is C17H25NO3. The molecule has 0 bridgehead atoms. The molecule has 0 unspecified atom stereocenters. The van der Waals surface area contributed by atoms with Crippen molar-refractivity contribution in [3.8, 4) is 5.75 Å². The van der Waals surface area contributed by atoms with Gasteiger partial charge >= 0.3 is 5.97 Å². The molecule has 1 aromatic carbocycles. The van der Waals surface area contributed by atoms with E-state index in [-0.39, 0.29) is 11.9 Å². The van der Waals surface area contributed by atoms with Crippen molar-refractivity contribution in [3.63, 3.8) is 0 Å². The molecule has 1 aliphatic heterocycles. The highest BCUT2D eigenvalue weighted by atomic mass is 16.5. The zero-order valence-corrected chi connectivity index (χ0v) is 13.0. The maximum absolute atomic E-state index is 11.8. The second kappa shape index (κ2) is 8.03. The Bertz CT molecular complexity index is 444. The molecule has 116 valence electrons. The lowest BCUT2D eigenvalue weighted by atomic mass is 9.98. The van der Waals surface area contributed by atoms with Gasteiger partial charge in [0.1, 0.15) is 5.75 Å². The largest absolute Gasteiger partial charge is 0.497 e. The number of carbonyl (C=O) groups excluding carboxylic acids is 1. The van der Waals surface area contributed by atoms with Crippen molar-refractivity contribution in [2.45, 2.75) is 26.2 Å². The fourth-order valence-corrected chi connectivity index (χ4v) is 2.79. The van der Waals surface area contributed by atoms with E-state index >= 15 is 0 Å². The number of methoxy groups -OCH3 is 1. The molecule has 0 N–H and O–H groups in total. The van der Waals surface area contributed by atoms with Gasteiger partial charge in [0.2, 0.25) is 0 Å². The third-order valence-corrected chi connectivity index (χ3v) is 4.00. The Labute approximate surface area is 127 Å². The number of piperidine rings is 1. The van der Waals surface area contributed by atoms with Gasteiger partial charge in [-0.25, -0.2) is 0 Å². The van der Waals surface area contributed by atoms with Gasteiger partial charge in [-0.15, -0.1) is 0 Å². The van der Waals surface area contributed by atoms with Crippen LogP contribution in [0.3, 0.4) is 0 Å². The zero-order chi connectivity index (χ0) is 15.1. The number of hydrogen-bond donors (Lipinski definition) is 0. The zero-order valence-electron chi connectivity index (χ0n) is 13.0. The molecule has 4 nitrogen and oxygen atoms in total. The van der Waals surface area contributed by atoms with Crippen molar-refractivity contribution in [1.82, 2.24) is 4.90 Å². The van der Waals surface area contributed by atoms with Crippen LogP contribution in [-0.4, -0.2) is 44.2 Å². The first-order valence-electron chi connectivity index (χ1n) is 7.75. The average Bonchev–Trinajstić information content (AvgIpc) is 2.54. The normalized spacial score (nSPS) is 19.2. The van der Waals surface area contributed by atoms with Crippen LogP contribution in [0.15, 0.2) is 24.3 Å². The van der Waals surface area contributed by atoms with Gasteiger partial charge in [-0.3, -0.25) is 4.79 Å². The summed E-state index contributed by atoms with van der Waals surface area (Å²) in [6.45, 7) is 5.23. The van der Waals surface area contributed by atoms with Gasteiger partial charge in [0.05, 0.1) is 19.6 Å². The lowest BCUT2D eigenvalue weighted by Gasteiger charge is -2.31. The van der Waals surface area contributed by atoms with Gasteiger partial charge in [0.25, 0.3) is 0 Å². The van der Waals surface area contributed by atoms with E-state index in [1.807, 2.05) is 19.1 Å². The fourth-order valence-electron chi connectivity index (χ4n) is 2.79. The third-order valence-electron chi connectivity index (χ3n) is 4.00.